The van der Waals surface area contributed by atoms with E-state index in [0.29, 0.717) is 0 Å². The maximum atomic E-state index is 3.94. The number of nitrogens with zero attached hydrogens (tertiary/aromatic N) is 4. The molecule has 0 aromatic rings. The summed E-state index contributed by atoms with van der Waals surface area (Å²) in [6, 6.07) is 0. The molecular formula is C19H43N5. The fourth-order valence-corrected chi connectivity index (χ4v) is 3.81. The molecule has 0 aliphatic carbocycles. The van der Waals surface area contributed by atoms with E-state index in [1.807, 2.05) is 0 Å². The van der Waals surface area contributed by atoms with E-state index in [1.165, 1.54) is 77.8 Å². The molecule has 0 unspecified atom stereocenters. The van der Waals surface area contributed by atoms with Gasteiger partial charge < -0.3 is 14.7 Å². The van der Waals surface area contributed by atoms with Crippen LogP contribution in [0.25, 0.3) is 0 Å². The molecule has 1 N–H and O–H groups in total. The van der Waals surface area contributed by atoms with Crippen molar-refractivity contribution in [3.8, 4) is 0 Å². The first-order valence-corrected chi connectivity index (χ1v) is 9.80. The topological polar surface area (TPSA) is 25.0 Å². The molecule has 1 aliphatic heterocycles. The van der Waals surface area contributed by atoms with Crippen LogP contribution in [0, 0.1) is 0 Å². The molecular weight excluding hydrogens is 298 g/mol. The van der Waals surface area contributed by atoms with Gasteiger partial charge in [-0.05, 0) is 107 Å². The van der Waals surface area contributed by atoms with Crippen LogP contribution in [0.4, 0.5) is 0 Å². The molecule has 0 saturated carbocycles. The van der Waals surface area contributed by atoms with Gasteiger partial charge in [-0.1, -0.05) is 0 Å². The van der Waals surface area contributed by atoms with Crippen molar-refractivity contribution in [2.45, 2.75) is 44.2 Å². The molecule has 24 heavy (non-hydrogen) atoms. The second-order valence-electron chi connectivity index (χ2n) is 8.27. The molecule has 0 bridgehead atoms. The molecule has 5 nitrogen and oxygen atoms in total. The van der Waals surface area contributed by atoms with Crippen LogP contribution >= 0.6 is 0 Å². The minimum Gasteiger partial charge on any atom is -0.309 e. The number of hydrogen-bond donors (Lipinski definition) is 1. The summed E-state index contributed by atoms with van der Waals surface area (Å²) < 4.78 is 0. The normalized spacial score (nSPS) is 18.9. The summed E-state index contributed by atoms with van der Waals surface area (Å²) in [6.07, 6.45) is 7.61. The first-order chi connectivity index (χ1) is 11.4. The highest BCUT2D eigenvalue weighted by Crippen LogP contribution is 2.28. The van der Waals surface area contributed by atoms with Crippen molar-refractivity contribution in [2.75, 3.05) is 81.6 Å². The lowest BCUT2D eigenvalue weighted by Crippen LogP contribution is -2.63. The predicted octanol–water partition coefficient (Wildman–Crippen LogP) is 1.61. The third-order valence-corrected chi connectivity index (χ3v) is 5.09. The Balaban J connectivity index is 2.67. The van der Waals surface area contributed by atoms with E-state index in [-0.39, 0.29) is 5.66 Å². The van der Waals surface area contributed by atoms with E-state index in [9.17, 15) is 0 Å². The van der Waals surface area contributed by atoms with Gasteiger partial charge in [0.05, 0.1) is 5.66 Å². The van der Waals surface area contributed by atoms with E-state index < -0.39 is 0 Å². The molecule has 1 aliphatic rings. The van der Waals surface area contributed by atoms with Crippen molar-refractivity contribution >= 4 is 0 Å². The summed E-state index contributed by atoms with van der Waals surface area (Å²) in [6.45, 7) is 7.20. The monoisotopic (exact) mass is 341 g/mol. The molecule has 1 fully saturated rings. The largest absolute Gasteiger partial charge is 0.309 e. The van der Waals surface area contributed by atoms with Gasteiger partial charge >= 0.3 is 0 Å². The van der Waals surface area contributed by atoms with E-state index in [2.05, 4.69) is 67.2 Å². The van der Waals surface area contributed by atoms with E-state index in [1.54, 1.807) is 0 Å². The minimum atomic E-state index is 0.219. The van der Waals surface area contributed by atoms with E-state index in [4.69, 9.17) is 0 Å². The Labute approximate surface area is 151 Å². The average molecular weight is 342 g/mol. The highest BCUT2D eigenvalue weighted by atomic mass is 15.3. The molecule has 0 radical (unpaired) electrons. The zero-order valence-corrected chi connectivity index (χ0v) is 17.3. The number of nitrogens with one attached hydrogen (secondary N) is 1. The Morgan fingerprint density at radius 2 is 1.29 bits per heavy atom. The zero-order chi connectivity index (χ0) is 18.0. The second kappa shape index (κ2) is 11.4. The van der Waals surface area contributed by atoms with Gasteiger partial charge in [0.25, 0.3) is 0 Å². The van der Waals surface area contributed by atoms with Crippen LogP contribution in [0.1, 0.15) is 38.5 Å². The lowest BCUT2D eigenvalue weighted by Gasteiger charge is -2.49. The summed E-state index contributed by atoms with van der Waals surface area (Å²) in [7, 11) is 13.1. The third kappa shape index (κ3) is 8.26. The van der Waals surface area contributed by atoms with Crippen molar-refractivity contribution in [1.29, 1.82) is 0 Å². The summed E-state index contributed by atoms with van der Waals surface area (Å²) >= 11 is 0. The van der Waals surface area contributed by atoms with Crippen molar-refractivity contribution < 1.29 is 0 Å². The smallest absolute Gasteiger partial charge is 0.0713 e. The average Bonchev–Trinajstić information content (AvgIpc) is 2.48. The molecule has 0 amide bonds. The molecule has 1 saturated heterocycles. The quantitative estimate of drug-likeness (QED) is 0.582. The van der Waals surface area contributed by atoms with Crippen LogP contribution in [-0.4, -0.2) is 107 Å². The minimum absolute atomic E-state index is 0.219. The van der Waals surface area contributed by atoms with Gasteiger partial charge in [-0.15, -0.1) is 0 Å². The SMILES string of the molecule is CN(C)CCCN1CCCNC1(CCCN(C)C)CCCN(C)C. The lowest BCUT2D eigenvalue weighted by molar-refractivity contribution is 0.00388. The van der Waals surface area contributed by atoms with E-state index in [0.717, 1.165) is 0 Å². The Morgan fingerprint density at radius 3 is 1.79 bits per heavy atom. The van der Waals surface area contributed by atoms with Crippen LogP contribution in [0.5, 0.6) is 0 Å². The second-order valence-corrected chi connectivity index (χ2v) is 8.27. The number of hydrogen-bond acceptors (Lipinski definition) is 5. The summed E-state index contributed by atoms with van der Waals surface area (Å²) in [5.74, 6) is 0. The predicted molar refractivity (Wildman–Crippen MR) is 106 cm³/mol. The van der Waals surface area contributed by atoms with Gasteiger partial charge in [-0.2, -0.15) is 0 Å². The molecule has 1 rings (SSSR count). The Hall–Kier alpha value is -0.200. The molecule has 144 valence electrons. The van der Waals surface area contributed by atoms with Gasteiger partial charge in [0, 0.05) is 13.1 Å². The van der Waals surface area contributed by atoms with Gasteiger partial charge in [0.2, 0.25) is 0 Å². The molecule has 1 heterocycles. The summed E-state index contributed by atoms with van der Waals surface area (Å²) in [5.41, 5.74) is 0.219. The summed E-state index contributed by atoms with van der Waals surface area (Å²) in [4.78, 5) is 9.70. The fraction of sp³-hybridized carbons (Fsp3) is 1.00. The fourth-order valence-electron chi connectivity index (χ4n) is 3.81. The van der Waals surface area contributed by atoms with Crippen molar-refractivity contribution in [2.24, 2.45) is 0 Å². The first-order valence-electron chi connectivity index (χ1n) is 9.80. The van der Waals surface area contributed by atoms with Gasteiger partial charge in [-0.3, -0.25) is 10.2 Å². The van der Waals surface area contributed by atoms with Crippen LogP contribution in [0.15, 0.2) is 0 Å². The standard InChI is InChI=1S/C19H43N5/c1-21(2)14-7-11-19(12-8-15-22(3)4)20-13-9-17-24(19)18-10-16-23(5)6/h20H,7-18H2,1-6H3. The third-order valence-electron chi connectivity index (χ3n) is 5.09. The van der Waals surface area contributed by atoms with Crippen molar-refractivity contribution in [3.05, 3.63) is 0 Å². The molecule has 0 aromatic heterocycles. The zero-order valence-electron chi connectivity index (χ0n) is 17.3. The molecule has 5 heteroatoms. The van der Waals surface area contributed by atoms with Gasteiger partial charge in [-0.25, -0.2) is 0 Å². The van der Waals surface area contributed by atoms with Crippen LogP contribution < -0.4 is 5.32 Å². The molecule has 0 atom stereocenters. The van der Waals surface area contributed by atoms with Crippen LogP contribution in [0.3, 0.4) is 0 Å². The van der Waals surface area contributed by atoms with E-state index >= 15 is 0 Å². The Bertz CT molecular complexity index is 303. The maximum absolute atomic E-state index is 3.94. The van der Waals surface area contributed by atoms with Crippen LogP contribution in [-0.2, 0) is 0 Å². The van der Waals surface area contributed by atoms with Crippen molar-refractivity contribution in [3.63, 3.8) is 0 Å². The van der Waals surface area contributed by atoms with Crippen LogP contribution in [0.2, 0.25) is 0 Å². The summed E-state index contributed by atoms with van der Waals surface area (Å²) in [5, 5.41) is 3.94. The molecule has 0 spiro atoms. The highest BCUT2D eigenvalue weighted by molar-refractivity contribution is 4.92. The Kier molecular flexibility index (Phi) is 10.4. The highest BCUT2D eigenvalue weighted by Gasteiger charge is 2.37. The number of rotatable bonds is 12. The lowest BCUT2D eigenvalue weighted by atomic mass is 9.92. The van der Waals surface area contributed by atoms with Gasteiger partial charge in [0.1, 0.15) is 0 Å². The van der Waals surface area contributed by atoms with Gasteiger partial charge in [0.15, 0.2) is 0 Å². The Morgan fingerprint density at radius 1 is 0.792 bits per heavy atom. The van der Waals surface area contributed by atoms with Crippen molar-refractivity contribution in [1.82, 2.24) is 24.9 Å². The first kappa shape index (κ1) is 21.8. The molecule has 0 aromatic carbocycles. The maximum Gasteiger partial charge on any atom is 0.0713 e.